The summed E-state index contributed by atoms with van der Waals surface area (Å²) in [4.78, 5) is 5.28. The van der Waals surface area contributed by atoms with E-state index in [1.54, 1.807) is 0 Å². The van der Waals surface area contributed by atoms with Crippen LogP contribution in [0.25, 0.3) is 85.6 Å². The van der Waals surface area contributed by atoms with E-state index in [-0.39, 0.29) is 51.0 Å². The zero-order valence-corrected chi connectivity index (χ0v) is 38.6. The molecule has 288 valence electrons. The van der Waals surface area contributed by atoms with Gasteiger partial charge in [-0.2, -0.15) is 22.7 Å². The first kappa shape index (κ1) is 44.0. The summed E-state index contributed by atoms with van der Waals surface area (Å²) in [6.45, 7) is 4.40. The van der Waals surface area contributed by atoms with Crippen molar-refractivity contribution >= 4 is 44.2 Å². The maximum absolute atomic E-state index is 2.35. The van der Waals surface area contributed by atoms with Crippen LogP contribution in [0, 0.1) is 0 Å². The minimum absolute atomic E-state index is 0. The van der Waals surface area contributed by atoms with Crippen molar-refractivity contribution in [3.8, 4) is 64.0 Å². The molecular weight excluding hydrogens is 875 g/mol. The third kappa shape index (κ3) is 9.57. The van der Waals surface area contributed by atoms with E-state index in [1.807, 2.05) is 22.7 Å². The molecule has 0 nitrogen and oxygen atoms in total. The van der Waals surface area contributed by atoms with Gasteiger partial charge in [0.25, 0.3) is 0 Å². The Hall–Kier alpha value is -4.60. The molecular formula is C54H42Cl2S2Zr. The zero-order valence-electron chi connectivity index (χ0n) is 33.0. The molecule has 8 aromatic carbocycles. The van der Waals surface area contributed by atoms with E-state index in [0.717, 1.165) is 12.8 Å². The molecule has 0 aliphatic rings. The summed E-state index contributed by atoms with van der Waals surface area (Å²) in [6, 6.07) is 70.7. The standard InChI is InChI=1S/2C27H21S.2ClH.Zr/c2*1-2-19-11-13-20(14-12-19)24-10-6-9-22-17-23(18-25(22)24)27-16-15-26(28-27)21-7-4-3-5-8-21;;;/h2*3-18H,2H2,1H3;2*1H;/q2*-1;;;+4/p-2. The molecule has 0 spiro atoms. The second-order valence-electron chi connectivity index (χ2n) is 14.3. The Morgan fingerprint density at radius 1 is 0.373 bits per heavy atom. The molecule has 0 fully saturated rings. The summed E-state index contributed by atoms with van der Waals surface area (Å²) in [5.74, 6) is 0. The SMILES string of the molecule is CCc1ccc(-c2cccc3[cH-]c(-c4ccc(-c5ccccc5)s4)cc23)cc1.CCc1ccc(-c2cccc3[cH-]c(-c4ccc(-c5ccccc5)s4)cc23)cc1.[Cl-].[Cl-].[Zr+4]. The molecule has 5 heteroatoms. The Morgan fingerprint density at radius 2 is 0.746 bits per heavy atom. The van der Waals surface area contributed by atoms with Gasteiger partial charge in [-0.3, -0.25) is 0 Å². The van der Waals surface area contributed by atoms with Gasteiger partial charge < -0.3 is 24.8 Å². The van der Waals surface area contributed by atoms with Gasteiger partial charge >= 0.3 is 26.2 Å². The molecule has 0 aliphatic carbocycles. The molecule has 0 saturated carbocycles. The normalized spacial score (nSPS) is 10.6. The van der Waals surface area contributed by atoms with Gasteiger partial charge in [0.1, 0.15) is 0 Å². The molecule has 0 atom stereocenters. The molecule has 10 rings (SSSR count). The van der Waals surface area contributed by atoms with Crippen LogP contribution >= 0.6 is 22.7 Å². The van der Waals surface area contributed by atoms with E-state index >= 15 is 0 Å². The number of hydrogen-bond donors (Lipinski definition) is 0. The fourth-order valence-electron chi connectivity index (χ4n) is 7.60. The first-order valence-corrected chi connectivity index (χ1v) is 21.2. The summed E-state index contributed by atoms with van der Waals surface area (Å²) in [6.07, 6.45) is 2.15. The first-order valence-electron chi connectivity index (χ1n) is 19.5. The number of halogens is 2. The first-order chi connectivity index (χ1) is 27.6. The summed E-state index contributed by atoms with van der Waals surface area (Å²) < 4.78 is 0. The number of hydrogen-bond acceptors (Lipinski definition) is 2. The van der Waals surface area contributed by atoms with E-state index in [1.165, 1.54) is 96.7 Å². The van der Waals surface area contributed by atoms with Gasteiger partial charge in [0, 0.05) is 9.75 Å². The molecule has 0 amide bonds. The second kappa shape index (κ2) is 20.1. The molecule has 10 aromatic rings. The number of benzene rings is 6. The average molecular weight is 917 g/mol. The Bertz CT molecular complexity index is 2660. The van der Waals surface area contributed by atoms with Crippen molar-refractivity contribution in [2.24, 2.45) is 0 Å². The fraction of sp³-hybridized carbons (Fsp3) is 0.0741. The smallest absolute Gasteiger partial charge is 1.00 e. The number of aryl methyl sites for hydroxylation is 2. The Morgan fingerprint density at radius 3 is 1.12 bits per heavy atom. The number of rotatable bonds is 8. The summed E-state index contributed by atoms with van der Waals surface area (Å²) in [7, 11) is 0. The summed E-state index contributed by atoms with van der Waals surface area (Å²) >= 11 is 3.72. The minimum atomic E-state index is 0. The molecule has 0 N–H and O–H groups in total. The third-order valence-electron chi connectivity index (χ3n) is 10.7. The minimum Gasteiger partial charge on any atom is -1.00 e. The molecule has 2 heterocycles. The van der Waals surface area contributed by atoms with Gasteiger partial charge in [0.2, 0.25) is 0 Å². The summed E-state index contributed by atoms with van der Waals surface area (Å²) in [5, 5.41) is 5.27. The van der Waals surface area contributed by atoms with Crippen LogP contribution in [0.4, 0.5) is 0 Å². The molecule has 0 bridgehead atoms. The van der Waals surface area contributed by atoms with Crippen LogP contribution in [0.3, 0.4) is 0 Å². The largest absolute Gasteiger partial charge is 4.00 e. The van der Waals surface area contributed by atoms with E-state index in [9.17, 15) is 0 Å². The van der Waals surface area contributed by atoms with Crippen LogP contribution in [-0.4, -0.2) is 0 Å². The van der Waals surface area contributed by atoms with Crippen molar-refractivity contribution in [3.05, 3.63) is 205 Å². The molecule has 2 aromatic heterocycles. The molecule has 0 saturated heterocycles. The average Bonchev–Trinajstić information content (AvgIpc) is 4.10. The van der Waals surface area contributed by atoms with E-state index in [4.69, 9.17) is 0 Å². The predicted molar refractivity (Wildman–Crippen MR) is 246 cm³/mol. The van der Waals surface area contributed by atoms with Crippen molar-refractivity contribution in [2.75, 3.05) is 0 Å². The second-order valence-corrected chi connectivity index (χ2v) is 16.4. The van der Waals surface area contributed by atoms with Gasteiger partial charge in [0.15, 0.2) is 0 Å². The van der Waals surface area contributed by atoms with Crippen molar-refractivity contribution in [1.29, 1.82) is 0 Å². The van der Waals surface area contributed by atoms with Crippen LogP contribution in [0.15, 0.2) is 194 Å². The van der Waals surface area contributed by atoms with E-state index in [0.29, 0.717) is 0 Å². The third-order valence-corrected chi connectivity index (χ3v) is 13.1. The summed E-state index contributed by atoms with van der Waals surface area (Å²) in [5.41, 5.74) is 13.1. The topological polar surface area (TPSA) is 0 Å². The van der Waals surface area contributed by atoms with E-state index in [2.05, 4.69) is 208 Å². The number of thiophene rings is 2. The maximum atomic E-state index is 2.35. The Labute approximate surface area is 387 Å². The van der Waals surface area contributed by atoms with Crippen molar-refractivity contribution in [3.63, 3.8) is 0 Å². The van der Waals surface area contributed by atoms with Crippen molar-refractivity contribution in [1.82, 2.24) is 0 Å². The maximum Gasteiger partial charge on any atom is 4.00 e. The predicted octanol–water partition coefficient (Wildman–Crippen LogP) is 10.4. The Balaban J connectivity index is 0.000000189. The van der Waals surface area contributed by atoms with Gasteiger partial charge in [-0.1, -0.05) is 183 Å². The fourth-order valence-corrected chi connectivity index (χ4v) is 9.60. The monoisotopic (exact) mass is 914 g/mol. The molecule has 0 radical (unpaired) electrons. The van der Waals surface area contributed by atoms with Crippen LogP contribution in [0.5, 0.6) is 0 Å². The Kier molecular flexibility index (Phi) is 15.0. The van der Waals surface area contributed by atoms with Crippen LogP contribution in [0.2, 0.25) is 0 Å². The van der Waals surface area contributed by atoms with Crippen LogP contribution < -0.4 is 24.8 Å². The molecule has 59 heavy (non-hydrogen) atoms. The zero-order chi connectivity index (χ0) is 37.8. The van der Waals surface area contributed by atoms with Crippen LogP contribution in [0.1, 0.15) is 25.0 Å². The van der Waals surface area contributed by atoms with Crippen molar-refractivity contribution < 1.29 is 51.0 Å². The van der Waals surface area contributed by atoms with Crippen LogP contribution in [-0.2, 0) is 39.0 Å². The number of fused-ring (bicyclic) bond motifs is 2. The van der Waals surface area contributed by atoms with Gasteiger partial charge in [-0.25, -0.2) is 0 Å². The van der Waals surface area contributed by atoms with Gasteiger partial charge in [0.05, 0.1) is 0 Å². The van der Waals surface area contributed by atoms with Gasteiger partial charge in [-0.15, -0.1) is 69.1 Å². The molecule has 0 unspecified atom stereocenters. The van der Waals surface area contributed by atoms with E-state index < -0.39 is 0 Å². The quantitative estimate of drug-likeness (QED) is 0.133. The van der Waals surface area contributed by atoms with Crippen molar-refractivity contribution in [2.45, 2.75) is 26.7 Å². The molecule has 0 aliphatic heterocycles. The van der Waals surface area contributed by atoms with Gasteiger partial charge in [-0.05, 0) is 56.0 Å².